The quantitative estimate of drug-likeness (QED) is 0.841. The van der Waals surface area contributed by atoms with Gasteiger partial charge in [0.05, 0.1) is 11.2 Å². The Morgan fingerprint density at radius 3 is 2.52 bits per heavy atom. The first-order valence-corrected chi connectivity index (χ1v) is 8.64. The number of carbonyl (C=O) groups is 2. The SMILES string of the molecule is Cc1cc(C)cc(N2CCN(C(=O)CCn3cc(Cl)cn3)CC2=O)c1. The highest BCUT2D eigenvalue weighted by Crippen LogP contribution is 2.21. The average molecular weight is 361 g/mol. The van der Waals surface area contributed by atoms with E-state index in [1.165, 1.54) is 6.20 Å². The van der Waals surface area contributed by atoms with E-state index in [4.69, 9.17) is 11.6 Å². The lowest BCUT2D eigenvalue weighted by Crippen LogP contribution is -2.52. The van der Waals surface area contributed by atoms with Crippen LogP contribution in [0.5, 0.6) is 0 Å². The topological polar surface area (TPSA) is 58.4 Å². The summed E-state index contributed by atoms with van der Waals surface area (Å²) in [6.07, 6.45) is 3.52. The minimum Gasteiger partial charge on any atom is -0.332 e. The molecule has 2 heterocycles. The van der Waals surface area contributed by atoms with Gasteiger partial charge in [-0.25, -0.2) is 0 Å². The zero-order valence-corrected chi connectivity index (χ0v) is 15.2. The molecule has 3 rings (SSSR count). The molecule has 0 atom stereocenters. The third kappa shape index (κ3) is 4.20. The third-order valence-electron chi connectivity index (χ3n) is 4.25. The monoisotopic (exact) mass is 360 g/mol. The number of rotatable bonds is 4. The van der Waals surface area contributed by atoms with Gasteiger partial charge in [0.2, 0.25) is 11.8 Å². The zero-order chi connectivity index (χ0) is 18.0. The number of piperazine rings is 1. The smallest absolute Gasteiger partial charge is 0.246 e. The van der Waals surface area contributed by atoms with Crippen LogP contribution in [0.25, 0.3) is 0 Å². The van der Waals surface area contributed by atoms with E-state index in [1.54, 1.807) is 20.7 Å². The Bertz CT molecular complexity index is 782. The van der Waals surface area contributed by atoms with Crippen molar-refractivity contribution in [1.29, 1.82) is 0 Å². The number of benzene rings is 1. The largest absolute Gasteiger partial charge is 0.332 e. The maximum absolute atomic E-state index is 12.5. The Morgan fingerprint density at radius 1 is 1.20 bits per heavy atom. The Balaban J connectivity index is 1.59. The van der Waals surface area contributed by atoms with Crippen LogP contribution in [0.4, 0.5) is 5.69 Å². The maximum Gasteiger partial charge on any atom is 0.246 e. The van der Waals surface area contributed by atoms with Gasteiger partial charge in [-0.15, -0.1) is 0 Å². The van der Waals surface area contributed by atoms with Gasteiger partial charge in [0.1, 0.15) is 6.54 Å². The molecule has 0 saturated carbocycles. The number of nitrogens with zero attached hydrogens (tertiary/aromatic N) is 4. The van der Waals surface area contributed by atoms with Gasteiger partial charge < -0.3 is 9.80 Å². The summed E-state index contributed by atoms with van der Waals surface area (Å²) in [5.41, 5.74) is 3.15. The minimum absolute atomic E-state index is 0.0416. The van der Waals surface area contributed by atoms with E-state index in [0.29, 0.717) is 31.1 Å². The lowest BCUT2D eigenvalue weighted by Gasteiger charge is -2.34. The number of aryl methyl sites for hydroxylation is 3. The molecular formula is C18H21ClN4O2. The predicted octanol–water partition coefficient (Wildman–Crippen LogP) is 2.42. The Hall–Kier alpha value is -2.34. The van der Waals surface area contributed by atoms with Gasteiger partial charge in [-0.05, 0) is 37.1 Å². The summed E-state index contributed by atoms with van der Waals surface area (Å²) < 4.78 is 1.63. The number of aromatic nitrogens is 2. The van der Waals surface area contributed by atoms with E-state index in [1.807, 2.05) is 26.0 Å². The molecule has 6 nitrogen and oxygen atoms in total. The van der Waals surface area contributed by atoms with Crippen molar-refractivity contribution in [3.05, 3.63) is 46.7 Å². The first-order valence-electron chi connectivity index (χ1n) is 8.27. The normalized spacial score (nSPS) is 14.9. The van der Waals surface area contributed by atoms with Crippen molar-refractivity contribution in [1.82, 2.24) is 14.7 Å². The molecule has 7 heteroatoms. The number of halogens is 1. The van der Waals surface area contributed by atoms with Crippen LogP contribution in [-0.4, -0.2) is 46.1 Å². The van der Waals surface area contributed by atoms with E-state index in [2.05, 4.69) is 11.2 Å². The summed E-state index contributed by atoms with van der Waals surface area (Å²) in [6, 6.07) is 6.09. The van der Waals surface area contributed by atoms with Crippen molar-refractivity contribution in [2.45, 2.75) is 26.8 Å². The molecule has 1 aliphatic rings. The molecule has 0 unspecified atom stereocenters. The average Bonchev–Trinajstić information content (AvgIpc) is 2.97. The van der Waals surface area contributed by atoms with E-state index >= 15 is 0 Å². The molecule has 1 aromatic carbocycles. The molecule has 1 saturated heterocycles. The van der Waals surface area contributed by atoms with Crippen LogP contribution < -0.4 is 4.90 Å². The van der Waals surface area contributed by atoms with E-state index in [0.717, 1.165) is 16.8 Å². The highest BCUT2D eigenvalue weighted by atomic mass is 35.5. The summed E-state index contributed by atoms with van der Waals surface area (Å²) in [6.45, 7) is 5.66. The summed E-state index contributed by atoms with van der Waals surface area (Å²) in [5.74, 6) is -0.0909. The molecule has 1 aromatic heterocycles. The van der Waals surface area contributed by atoms with Crippen LogP contribution in [0.3, 0.4) is 0 Å². The molecule has 0 radical (unpaired) electrons. The predicted molar refractivity (Wildman–Crippen MR) is 96.7 cm³/mol. The number of hydrogen-bond acceptors (Lipinski definition) is 3. The number of carbonyl (C=O) groups excluding carboxylic acids is 2. The second kappa shape index (κ2) is 7.27. The Labute approximate surface area is 152 Å². The Morgan fingerprint density at radius 2 is 1.92 bits per heavy atom. The first kappa shape index (κ1) is 17.5. The summed E-state index contributed by atoms with van der Waals surface area (Å²) in [7, 11) is 0. The van der Waals surface area contributed by atoms with Crippen molar-refractivity contribution >= 4 is 29.1 Å². The van der Waals surface area contributed by atoms with Crippen molar-refractivity contribution in [2.75, 3.05) is 24.5 Å². The van der Waals surface area contributed by atoms with Gasteiger partial charge in [0.15, 0.2) is 0 Å². The lowest BCUT2D eigenvalue weighted by atomic mass is 10.1. The van der Waals surface area contributed by atoms with E-state index < -0.39 is 0 Å². The summed E-state index contributed by atoms with van der Waals surface area (Å²) >= 11 is 5.81. The molecule has 2 amide bonds. The molecule has 0 bridgehead atoms. The van der Waals surface area contributed by atoms with Crippen LogP contribution >= 0.6 is 11.6 Å². The molecule has 25 heavy (non-hydrogen) atoms. The highest BCUT2D eigenvalue weighted by molar-refractivity contribution is 6.30. The van der Waals surface area contributed by atoms with Crippen molar-refractivity contribution < 1.29 is 9.59 Å². The molecule has 0 N–H and O–H groups in total. The summed E-state index contributed by atoms with van der Waals surface area (Å²) in [5, 5.41) is 4.60. The maximum atomic E-state index is 12.5. The highest BCUT2D eigenvalue weighted by Gasteiger charge is 2.28. The van der Waals surface area contributed by atoms with Crippen molar-refractivity contribution in [2.24, 2.45) is 0 Å². The number of hydrogen-bond donors (Lipinski definition) is 0. The zero-order valence-electron chi connectivity index (χ0n) is 14.4. The fourth-order valence-electron chi connectivity index (χ4n) is 3.09. The summed E-state index contributed by atoms with van der Waals surface area (Å²) in [4.78, 5) is 28.2. The van der Waals surface area contributed by atoms with Gasteiger partial charge in [-0.1, -0.05) is 17.7 Å². The number of amides is 2. The molecule has 1 fully saturated rings. The first-order chi connectivity index (χ1) is 11.9. The van der Waals surface area contributed by atoms with Crippen molar-refractivity contribution in [3.8, 4) is 0 Å². The van der Waals surface area contributed by atoms with Crippen LogP contribution in [0.2, 0.25) is 5.02 Å². The Kier molecular flexibility index (Phi) is 5.08. The molecule has 0 aliphatic carbocycles. The molecule has 0 spiro atoms. The van der Waals surface area contributed by atoms with Crippen molar-refractivity contribution in [3.63, 3.8) is 0 Å². The van der Waals surface area contributed by atoms with Gasteiger partial charge in [-0.2, -0.15) is 5.10 Å². The van der Waals surface area contributed by atoms with Gasteiger partial charge in [-0.3, -0.25) is 14.3 Å². The molecule has 132 valence electrons. The van der Waals surface area contributed by atoms with Gasteiger partial charge in [0, 0.05) is 37.9 Å². The minimum atomic E-state index is -0.0493. The molecule has 2 aromatic rings. The molecule has 1 aliphatic heterocycles. The molecular weight excluding hydrogens is 340 g/mol. The fourth-order valence-corrected chi connectivity index (χ4v) is 3.25. The van der Waals surface area contributed by atoms with Crippen LogP contribution in [0, 0.1) is 13.8 Å². The van der Waals surface area contributed by atoms with Gasteiger partial charge >= 0.3 is 0 Å². The van der Waals surface area contributed by atoms with Crippen LogP contribution in [0.15, 0.2) is 30.6 Å². The standard InChI is InChI=1S/C18H21ClN4O2/c1-13-7-14(2)9-16(8-13)23-6-5-21(12-18(23)25)17(24)3-4-22-11-15(19)10-20-22/h7-11H,3-6,12H2,1-2H3. The van der Waals surface area contributed by atoms with E-state index in [-0.39, 0.29) is 18.4 Å². The second-order valence-electron chi connectivity index (χ2n) is 6.38. The second-order valence-corrected chi connectivity index (χ2v) is 6.81. The third-order valence-corrected chi connectivity index (χ3v) is 4.44. The fraction of sp³-hybridized carbons (Fsp3) is 0.389. The number of anilines is 1. The van der Waals surface area contributed by atoms with Gasteiger partial charge in [0.25, 0.3) is 0 Å². The van der Waals surface area contributed by atoms with Crippen LogP contribution in [0.1, 0.15) is 17.5 Å². The lowest BCUT2D eigenvalue weighted by molar-refractivity contribution is -0.137. The van der Waals surface area contributed by atoms with E-state index in [9.17, 15) is 9.59 Å². The van der Waals surface area contributed by atoms with Crippen LogP contribution in [-0.2, 0) is 16.1 Å².